The molecule has 3 nitrogen and oxygen atoms in total. The van der Waals surface area contributed by atoms with Gasteiger partial charge in [0.05, 0.1) is 10.7 Å². The van der Waals surface area contributed by atoms with Crippen LogP contribution in [0.25, 0.3) is 0 Å². The second-order valence-corrected chi connectivity index (χ2v) is 6.67. The minimum atomic E-state index is -0.745. The van der Waals surface area contributed by atoms with Crippen molar-refractivity contribution in [2.24, 2.45) is 5.41 Å². The number of alkyl halides is 1. The van der Waals surface area contributed by atoms with Crippen molar-refractivity contribution in [1.29, 1.82) is 0 Å². The van der Waals surface area contributed by atoms with E-state index in [2.05, 4.69) is 29.8 Å². The molecule has 1 aromatic carbocycles. The van der Waals surface area contributed by atoms with E-state index in [1.165, 1.54) is 0 Å². The summed E-state index contributed by atoms with van der Waals surface area (Å²) in [5.74, 6) is 0.887. The van der Waals surface area contributed by atoms with Crippen LogP contribution < -0.4 is 4.74 Å². The molecule has 1 heterocycles. The Bertz CT molecular complexity index is 513. The number of hydrogen-bond acceptors (Lipinski definition) is 3. The zero-order valence-electron chi connectivity index (χ0n) is 12.5. The van der Waals surface area contributed by atoms with Crippen LogP contribution in [0.4, 0.5) is 0 Å². The molecule has 116 valence electrons. The number of halogens is 2. The Labute approximate surface area is 139 Å². The number of benzene rings is 1. The van der Waals surface area contributed by atoms with Gasteiger partial charge in [-0.1, -0.05) is 34.5 Å². The first-order chi connectivity index (χ1) is 9.92. The molecule has 1 aromatic rings. The highest BCUT2D eigenvalue weighted by atomic mass is 79.9. The van der Waals surface area contributed by atoms with Gasteiger partial charge in [-0.15, -0.1) is 0 Å². The van der Waals surface area contributed by atoms with Crippen LogP contribution >= 0.6 is 27.5 Å². The van der Waals surface area contributed by atoms with Gasteiger partial charge in [-0.2, -0.15) is 0 Å². The minimum Gasteiger partial charge on any atom is -0.493 e. The molecule has 1 aliphatic rings. The Balaban J connectivity index is 2.05. The standard InChI is InChI=1S/C16H20BrClO3/c1-4-13-9-20-16(10-17,21-13)15(2,3)11-19-14-7-5-12(18)6-8-14/h5-9H,4,10-11H2,1-3H3. The fourth-order valence-electron chi connectivity index (χ4n) is 2.02. The first-order valence-electron chi connectivity index (χ1n) is 6.92. The first kappa shape index (κ1) is 16.5. The molecule has 0 aromatic heterocycles. The Morgan fingerprint density at radius 3 is 2.48 bits per heavy atom. The summed E-state index contributed by atoms with van der Waals surface area (Å²) < 4.78 is 17.7. The van der Waals surface area contributed by atoms with E-state index in [0.717, 1.165) is 17.9 Å². The maximum absolute atomic E-state index is 6.01. The van der Waals surface area contributed by atoms with Crippen LogP contribution in [0.5, 0.6) is 5.75 Å². The highest BCUT2D eigenvalue weighted by Gasteiger charge is 2.52. The number of rotatable bonds is 6. The maximum Gasteiger partial charge on any atom is 0.268 e. The van der Waals surface area contributed by atoms with E-state index in [-0.39, 0.29) is 5.41 Å². The summed E-state index contributed by atoms with van der Waals surface area (Å²) >= 11 is 9.38. The molecule has 0 aliphatic carbocycles. The van der Waals surface area contributed by atoms with Crippen molar-refractivity contribution in [2.75, 3.05) is 11.9 Å². The van der Waals surface area contributed by atoms with Crippen LogP contribution in [0.15, 0.2) is 36.3 Å². The van der Waals surface area contributed by atoms with E-state index < -0.39 is 5.79 Å². The molecule has 5 heteroatoms. The van der Waals surface area contributed by atoms with Crippen LogP contribution in [0.3, 0.4) is 0 Å². The van der Waals surface area contributed by atoms with Crippen molar-refractivity contribution in [3.05, 3.63) is 41.3 Å². The normalized spacial score (nSPS) is 21.5. The molecular formula is C16H20BrClO3. The molecule has 1 atom stereocenters. The predicted molar refractivity (Wildman–Crippen MR) is 87.8 cm³/mol. The van der Waals surface area contributed by atoms with E-state index in [0.29, 0.717) is 17.0 Å². The van der Waals surface area contributed by atoms with Crippen LogP contribution in [-0.2, 0) is 9.47 Å². The summed E-state index contributed by atoms with van der Waals surface area (Å²) in [6.07, 6.45) is 2.51. The number of hydrogen-bond donors (Lipinski definition) is 0. The molecule has 0 radical (unpaired) electrons. The van der Waals surface area contributed by atoms with Gasteiger partial charge in [0.25, 0.3) is 5.79 Å². The Kier molecular flexibility index (Phi) is 5.10. The van der Waals surface area contributed by atoms with E-state index in [1.807, 2.05) is 31.2 Å². The SMILES string of the molecule is CCC1=COC(CBr)(C(C)(C)COc2ccc(Cl)cc2)O1. The smallest absolute Gasteiger partial charge is 0.268 e. The Morgan fingerprint density at radius 1 is 1.29 bits per heavy atom. The molecule has 2 rings (SSSR count). The van der Waals surface area contributed by atoms with Crippen LogP contribution in [0.1, 0.15) is 27.2 Å². The molecule has 0 bridgehead atoms. The Morgan fingerprint density at radius 2 is 1.95 bits per heavy atom. The van der Waals surface area contributed by atoms with Gasteiger partial charge in [-0.3, -0.25) is 0 Å². The van der Waals surface area contributed by atoms with Crippen molar-refractivity contribution < 1.29 is 14.2 Å². The minimum absolute atomic E-state index is 0.344. The van der Waals surface area contributed by atoms with E-state index in [4.69, 9.17) is 25.8 Å². The zero-order chi connectivity index (χ0) is 15.5. The van der Waals surface area contributed by atoms with Gasteiger partial charge in [-0.05, 0) is 38.1 Å². The van der Waals surface area contributed by atoms with Gasteiger partial charge in [0, 0.05) is 11.4 Å². The molecule has 0 fully saturated rings. The summed E-state index contributed by atoms with van der Waals surface area (Å²) in [6, 6.07) is 7.32. The van der Waals surface area contributed by atoms with Crippen LogP contribution in [-0.4, -0.2) is 17.7 Å². The predicted octanol–water partition coefficient (Wildman–Crippen LogP) is 5.13. The van der Waals surface area contributed by atoms with Gasteiger partial charge < -0.3 is 14.2 Å². The van der Waals surface area contributed by atoms with Gasteiger partial charge in [-0.25, -0.2) is 0 Å². The topological polar surface area (TPSA) is 27.7 Å². The number of ether oxygens (including phenoxy) is 3. The fourth-order valence-corrected chi connectivity index (χ4v) is 3.15. The average molecular weight is 376 g/mol. The Hall–Kier alpha value is -0.870. The molecule has 0 saturated carbocycles. The van der Waals surface area contributed by atoms with Crippen molar-refractivity contribution in [3.63, 3.8) is 0 Å². The highest BCUT2D eigenvalue weighted by molar-refractivity contribution is 9.09. The van der Waals surface area contributed by atoms with Gasteiger partial charge in [0.2, 0.25) is 0 Å². The lowest BCUT2D eigenvalue weighted by Crippen LogP contribution is -2.50. The quantitative estimate of drug-likeness (QED) is 0.645. The van der Waals surface area contributed by atoms with Crippen LogP contribution in [0, 0.1) is 5.41 Å². The maximum atomic E-state index is 6.01. The van der Waals surface area contributed by atoms with E-state index in [9.17, 15) is 0 Å². The third kappa shape index (κ3) is 3.49. The van der Waals surface area contributed by atoms with Gasteiger partial charge in [0.15, 0.2) is 0 Å². The van der Waals surface area contributed by atoms with Crippen molar-refractivity contribution >= 4 is 27.5 Å². The molecule has 1 unspecified atom stereocenters. The second-order valence-electron chi connectivity index (χ2n) is 5.67. The summed E-state index contributed by atoms with van der Waals surface area (Å²) in [6.45, 7) is 6.63. The third-order valence-electron chi connectivity index (χ3n) is 3.65. The molecule has 0 N–H and O–H groups in total. The lowest BCUT2D eigenvalue weighted by molar-refractivity contribution is -0.210. The molecule has 0 amide bonds. The summed E-state index contributed by atoms with van der Waals surface area (Å²) in [5.41, 5.74) is -0.344. The largest absolute Gasteiger partial charge is 0.493 e. The average Bonchev–Trinajstić information content (AvgIpc) is 2.92. The zero-order valence-corrected chi connectivity index (χ0v) is 14.8. The fraction of sp³-hybridized carbons (Fsp3) is 0.500. The van der Waals surface area contributed by atoms with Crippen LogP contribution in [0.2, 0.25) is 5.02 Å². The summed E-state index contributed by atoms with van der Waals surface area (Å²) in [7, 11) is 0. The lowest BCUT2D eigenvalue weighted by Gasteiger charge is -2.40. The summed E-state index contributed by atoms with van der Waals surface area (Å²) in [4.78, 5) is 0. The highest BCUT2D eigenvalue weighted by Crippen LogP contribution is 2.43. The van der Waals surface area contributed by atoms with Crippen molar-refractivity contribution in [3.8, 4) is 5.75 Å². The van der Waals surface area contributed by atoms with E-state index >= 15 is 0 Å². The summed E-state index contributed by atoms with van der Waals surface area (Å²) in [5, 5.41) is 1.26. The lowest BCUT2D eigenvalue weighted by atomic mass is 9.85. The third-order valence-corrected chi connectivity index (χ3v) is 4.64. The molecule has 0 saturated heterocycles. The van der Waals surface area contributed by atoms with E-state index in [1.54, 1.807) is 6.26 Å². The molecule has 1 aliphatic heterocycles. The van der Waals surface area contributed by atoms with Gasteiger partial charge >= 0.3 is 0 Å². The molecule has 0 spiro atoms. The first-order valence-corrected chi connectivity index (χ1v) is 8.42. The van der Waals surface area contributed by atoms with Gasteiger partial charge in [0.1, 0.15) is 24.4 Å². The second kappa shape index (κ2) is 6.49. The molecule has 21 heavy (non-hydrogen) atoms. The monoisotopic (exact) mass is 374 g/mol. The number of allylic oxidation sites excluding steroid dienone is 1. The molecular weight excluding hydrogens is 356 g/mol. The van der Waals surface area contributed by atoms with Crippen molar-refractivity contribution in [2.45, 2.75) is 33.0 Å². The van der Waals surface area contributed by atoms with Crippen molar-refractivity contribution in [1.82, 2.24) is 0 Å².